The largest absolute Gasteiger partial charge is 0.304 e. The van der Waals surface area contributed by atoms with Crippen LogP contribution in [0.5, 0.6) is 0 Å². The molecule has 0 aliphatic carbocycles. The third-order valence-corrected chi connectivity index (χ3v) is 2.78. The van der Waals surface area contributed by atoms with E-state index in [1.165, 1.54) is 26.1 Å². The minimum Gasteiger partial charge on any atom is -0.304 e. The maximum atomic E-state index is 5.29. The number of terminal acetylenes is 1. The van der Waals surface area contributed by atoms with E-state index in [1.807, 2.05) is 6.92 Å². The van der Waals surface area contributed by atoms with Crippen LogP contribution in [0.15, 0.2) is 0 Å². The Bertz CT molecular complexity index is 183. The van der Waals surface area contributed by atoms with Gasteiger partial charge in [-0.3, -0.25) is 0 Å². The van der Waals surface area contributed by atoms with Gasteiger partial charge < -0.3 is 10.2 Å². The van der Waals surface area contributed by atoms with E-state index < -0.39 is 0 Å². The van der Waals surface area contributed by atoms with Crippen molar-refractivity contribution in [3.63, 3.8) is 0 Å². The lowest BCUT2D eigenvalue weighted by Gasteiger charge is -2.14. The van der Waals surface area contributed by atoms with Crippen LogP contribution in [0.1, 0.15) is 20.3 Å². The summed E-state index contributed by atoms with van der Waals surface area (Å²) in [6.45, 7) is 9.00. The number of hydrogen-bond donors (Lipinski definition) is 1. The van der Waals surface area contributed by atoms with Crippen LogP contribution >= 0.6 is 0 Å². The molecule has 1 heterocycles. The van der Waals surface area contributed by atoms with Crippen molar-refractivity contribution >= 4 is 0 Å². The molecule has 0 amide bonds. The fourth-order valence-corrected chi connectivity index (χ4v) is 1.77. The molecular formula is C11H20N2. The fraction of sp³-hybridized carbons (Fsp3) is 0.818. The number of rotatable bonds is 4. The topological polar surface area (TPSA) is 15.3 Å². The van der Waals surface area contributed by atoms with Gasteiger partial charge in [-0.1, -0.05) is 12.8 Å². The molecule has 1 aliphatic rings. The highest BCUT2D eigenvalue weighted by atomic mass is 15.1. The number of likely N-dealkylation sites (tertiary alicyclic amines) is 1. The summed E-state index contributed by atoms with van der Waals surface area (Å²) in [5.41, 5.74) is 0. The first-order valence-electron chi connectivity index (χ1n) is 5.18. The molecule has 1 rings (SSSR count). The average molecular weight is 180 g/mol. The number of nitrogens with zero attached hydrogens (tertiary/aromatic N) is 1. The third-order valence-electron chi connectivity index (χ3n) is 2.78. The summed E-state index contributed by atoms with van der Waals surface area (Å²) in [6.07, 6.45) is 6.60. The van der Waals surface area contributed by atoms with Gasteiger partial charge in [-0.15, -0.1) is 6.42 Å². The predicted octanol–water partition coefficient (Wildman–Crippen LogP) is 0.940. The third kappa shape index (κ3) is 3.38. The first kappa shape index (κ1) is 10.6. The normalized spacial score (nSPS) is 25.8. The van der Waals surface area contributed by atoms with Crippen LogP contribution in [-0.4, -0.2) is 37.1 Å². The van der Waals surface area contributed by atoms with Gasteiger partial charge in [0.1, 0.15) is 0 Å². The van der Waals surface area contributed by atoms with E-state index in [9.17, 15) is 0 Å². The minimum atomic E-state index is 0.218. The summed E-state index contributed by atoms with van der Waals surface area (Å²) in [5.74, 6) is 3.49. The molecule has 1 saturated heterocycles. The summed E-state index contributed by atoms with van der Waals surface area (Å²) in [6, 6.07) is 0.218. The standard InChI is InChI=1S/C11H20N2/c1-4-10(3)12-8-11-6-7-13(5-2)9-11/h1,10-12H,5-9H2,2-3H3. The maximum absolute atomic E-state index is 5.29. The number of hydrogen-bond acceptors (Lipinski definition) is 2. The Kier molecular flexibility index (Phi) is 4.27. The maximum Gasteiger partial charge on any atom is 0.0658 e. The first-order valence-corrected chi connectivity index (χ1v) is 5.18. The zero-order valence-corrected chi connectivity index (χ0v) is 8.71. The second kappa shape index (κ2) is 5.26. The van der Waals surface area contributed by atoms with E-state index in [2.05, 4.69) is 23.1 Å². The molecule has 0 bridgehead atoms. The van der Waals surface area contributed by atoms with E-state index in [4.69, 9.17) is 6.42 Å². The lowest BCUT2D eigenvalue weighted by atomic mass is 10.1. The summed E-state index contributed by atoms with van der Waals surface area (Å²) in [4.78, 5) is 2.49. The monoisotopic (exact) mass is 180 g/mol. The van der Waals surface area contributed by atoms with Crippen molar-refractivity contribution in [1.82, 2.24) is 10.2 Å². The quantitative estimate of drug-likeness (QED) is 0.648. The first-order chi connectivity index (χ1) is 6.26. The van der Waals surface area contributed by atoms with Gasteiger partial charge in [-0.25, -0.2) is 0 Å². The van der Waals surface area contributed by atoms with Gasteiger partial charge in [-0.2, -0.15) is 0 Å². The molecule has 1 N–H and O–H groups in total. The highest BCUT2D eigenvalue weighted by Crippen LogP contribution is 2.14. The van der Waals surface area contributed by atoms with Crippen LogP contribution in [0.2, 0.25) is 0 Å². The van der Waals surface area contributed by atoms with Crippen LogP contribution in [0, 0.1) is 18.3 Å². The molecule has 2 nitrogen and oxygen atoms in total. The Morgan fingerprint density at radius 3 is 3.00 bits per heavy atom. The molecule has 0 radical (unpaired) electrons. The Morgan fingerprint density at radius 1 is 1.69 bits per heavy atom. The molecule has 2 atom stereocenters. The highest BCUT2D eigenvalue weighted by Gasteiger charge is 2.20. The van der Waals surface area contributed by atoms with Gasteiger partial charge in [0.15, 0.2) is 0 Å². The molecule has 74 valence electrons. The highest BCUT2D eigenvalue weighted by molar-refractivity contribution is 4.96. The van der Waals surface area contributed by atoms with Gasteiger partial charge >= 0.3 is 0 Å². The Labute approximate surface area is 81.7 Å². The smallest absolute Gasteiger partial charge is 0.0658 e. The Morgan fingerprint density at radius 2 is 2.46 bits per heavy atom. The number of nitrogens with one attached hydrogen (secondary N) is 1. The molecule has 0 aromatic heterocycles. The van der Waals surface area contributed by atoms with E-state index in [1.54, 1.807) is 0 Å². The van der Waals surface area contributed by atoms with Gasteiger partial charge in [0, 0.05) is 13.1 Å². The van der Waals surface area contributed by atoms with Gasteiger partial charge in [-0.05, 0) is 32.4 Å². The molecule has 0 saturated carbocycles. The lowest BCUT2D eigenvalue weighted by Crippen LogP contribution is -2.31. The molecule has 0 spiro atoms. The van der Waals surface area contributed by atoms with Crippen molar-refractivity contribution < 1.29 is 0 Å². The molecule has 0 aromatic carbocycles. The lowest BCUT2D eigenvalue weighted by molar-refractivity contribution is 0.338. The zero-order valence-electron chi connectivity index (χ0n) is 8.71. The molecule has 13 heavy (non-hydrogen) atoms. The van der Waals surface area contributed by atoms with Crippen LogP contribution in [0.25, 0.3) is 0 Å². The van der Waals surface area contributed by atoms with E-state index >= 15 is 0 Å². The molecule has 2 unspecified atom stereocenters. The molecule has 1 fully saturated rings. The van der Waals surface area contributed by atoms with Crippen LogP contribution in [0.4, 0.5) is 0 Å². The second-order valence-electron chi connectivity index (χ2n) is 3.84. The predicted molar refractivity (Wildman–Crippen MR) is 56.5 cm³/mol. The van der Waals surface area contributed by atoms with E-state index in [0.717, 1.165) is 12.5 Å². The zero-order chi connectivity index (χ0) is 9.68. The van der Waals surface area contributed by atoms with Gasteiger partial charge in [0.2, 0.25) is 0 Å². The Hall–Kier alpha value is -0.520. The van der Waals surface area contributed by atoms with Crippen molar-refractivity contribution in [3.05, 3.63) is 0 Å². The SMILES string of the molecule is C#CC(C)NCC1CCN(CC)C1. The van der Waals surface area contributed by atoms with Crippen LogP contribution < -0.4 is 5.32 Å². The summed E-state index contributed by atoms with van der Waals surface area (Å²) in [5, 5.41) is 3.36. The average Bonchev–Trinajstić information content (AvgIpc) is 2.61. The van der Waals surface area contributed by atoms with Crippen LogP contribution in [-0.2, 0) is 0 Å². The second-order valence-corrected chi connectivity index (χ2v) is 3.84. The van der Waals surface area contributed by atoms with Gasteiger partial charge in [0.05, 0.1) is 6.04 Å². The fourth-order valence-electron chi connectivity index (χ4n) is 1.77. The van der Waals surface area contributed by atoms with Gasteiger partial charge in [0.25, 0.3) is 0 Å². The van der Waals surface area contributed by atoms with Crippen molar-refractivity contribution in [2.75, 3.05) is 26.2 Å². The van der Waals surface area contributed by atoms with Crippen molar-refractivity contribution in [2.24, 2.45) is 5.92 Å². The van der Waals surface area contributed by atoms with Crippen molar-refractivity contribution in [1.29, 1.82) is 0 Å². The summed E-state index contributed by atoms with van der Waals surface area (Å²) >= 11 is 0. The van der Waals surface area contributed by atoms with E-state index in [-0.39, 0.29) is 6.04 Å². The summed E-state index contributed by atoms with van der Waals surface area (Å²) < 4.78 is 0. The molecule has 0 aromatic rings. The van der Waals surface area contributed by atoms with Crippen LogP contribution in [0.3, 0.4) is 0 Å². The molecule has 1 aliphatic heterocycles. The molecule has 2 heteroatoms. The van der Waals surface area contributed by atoms with E-state index in [0.29, 0.717) is 0 Å². The van der Waals surface area contributed by atoms with Crippen molar-refractivity contribution in [3.8, 4) is 12.3 Å². The molecular weight excluding hydrogens is 160 g/mol. The minimum absolute atomic E-state index is 0.218. The van der Waals surface area contributed by atoms with Crippen molar-refractivity contribution in [2.45, 2.75) is 26.3 Å². The summed E-state index contributed by atoms with van der Waals surface area (Å²) in [7, 11) is 0. The Balaban J connectivity index is 2.14.